The minimum Gasteiger partial charge on any atom is -0.494 e. The summed E-state index contributed by atoms with van der Waals surface area (Å²) in [6, 6.07) is 1.75. The molecule has 1 N–H and O–H groups in total. The van der Waals surface area contributed by atoms with Crippen LogP contribution < -0.4 is 4.74 Å². The summed E-state index contributed by atoms with van der Waals surface area (Å²) >= 11 is 0. The molecule has 0 aromatic carbocycles. The third-order valence-corrected chi connectivity index (χ3v) is 3.99. The Morgan fingerprint density at radius 2 is 2.33 bits per heavy atom. The molecule has 21 heavy (non-hydrogen) atoms. The molecule has 110 valence electrons. The van der Waals surface area contributed by atoms with E-state index in [0.29, 0.717) is 30.0 Å². The van der Waals surface area contributed by atoms with E-state index in [2.05, 4.69) is 20.5 Å². The highest BCUT2D eigenvalue weighted by Crippen LogP contribution is 2.43. The Morgan fingerprint density at radius 1 is 1.52 bits per heavy atom. The summed E-state index contributed by atoms with van der Waals surface area (Å²) in [5.74, 6) is 0.241. The average Bonchev–Trinajstić information content (AvgIpc) is 2.90. The van der Waals surface area contributed by atoms with Gasteiger partial charge in [0.05, 0.1) is 30.8 Å². The monoisotopic (exact) mass is 289 g/mol. The zero-order chi connectivity index (χ0) is 14.9. The topological polar surface area (TPSA) is 103 Å². The van der Waals surface area contributed by atoms with E-state index in [1.165, 1.54) is 4.68 Å². The molecular weight excluding hydrogens is 274 g/mol. The molecule has 1 saturated carbocycles. The summed E-state index contributed by atoms with van der Waals surface area (Å²) in [6.45, 7) is 0.260. The van der Waals surface area contributed by atoms with Crippen LogP contribution in [0.15, 0.2) is 18.5 Å². The first kappa shape index (κ1) is 13.5. The second-order valence-electron chi connectivity index (χ2n) is 5.18. The molecule has 0 bridgehead atoms. The minimum atomic E-state index is -0.795. The molecule has 0 spiro atoms. The van der Waals surface area contributed by atoms with Gasteiger partial charge in [0.25, 0.3) is 0 Å². The predicted octanol–water partition coefficient (Wildman–Crippen LogP) is 0.999. The van der Waals surface area contributed by atoms with E-state index in [-0.39, 0.29) is 6.54 Å². The largest absolute Gasteiger partial charge is 0.494 e. The van der Waals surface area contributed by atoms with Crippen LogP contribution in [-0.2, 0) is 11.3 Å². The van der Waals surface area contributed by atoms with Crippen LogP contribution in [0.1, 0.15) is 19.3 Å². The smallest absolute Gasteiger partial charge is 0.311 e. The first-order valence-electron chi connectivity index (χ1n) is 6.64. The van der Waals surface area contributed by atoms with Crippen molar-refractivity contribution in [3.8, 4) is 17.1 Å². The van der Waals surface area contributed by atoms with Crippen LogP contribution in [0.25, 0.3) is 11.4 Å². The summed E-state index contributed by atoms with van der Waals surface area (Å²) in [4.78, 5) is 15.5. The van der Waals surface area contributed by atoms with Crippen molar-refractivity contribution in [2.24, 2.45) is 5.41 Å². The number of aliphatic carboxylic acids is 1. The van der Waals surface area contributed by atoms with E-state index < -0.39 is 11.4 Å². The second kappa shape index (κ2) is 5.12. The summed E-state index contributed by atoms with van der Waals surface area (Å²) in [6.07, 6.45) is 5.41. The maximum absolute atomic E-state index is 11.5. The molecule has 0 atom stereocenters. The average molecular weight is 289 g/mol. The number of methoxy groups -OCH3 is 1. The Bertz CT molecular complexity index is 665. The van der Waals surface area contributed by atoms with Crippen LogP contribution in [0.2, 0.25) is 0 Å². The zero-order valence-electron chi connectivity index (χ0n) is 11.6. The van der Waals surface area contributed by atoms with Crippen LogP contribution in [0.3, 0.4) is 0 Å². The fraction of sp³-hybridized carbons (Fsp3) is 0.462. The summed E-state index contributed by atoms with van der Waals surface area (Å²) in [5.41, 5.74) is -0.0675. The van der Waals surface area contributed by atoms with Gasteiger partial charge >= 0.3 is 5.97 Å². The number of ether oxygens (including phenoxy) is 1. The molecule has 8 heteroatoms. The van der Waals surface area contributed by atoms with Crippen molar-refractivity contribution in [2.75, 3.05) is 7.11 Å². The van der Waals surface area contributed by atoms with Gasteiger partial charge in [-0.2, -0.15) is 0 Å². The quantitative estimate of drug-likeness (QED) is 0.875. The van der Waals surface area contributed by atoms with Gasteiger partial charge in [-0.15, -0.1) is 5.10 Å². The zero-order valence-corrected chi connectivity index (χ0v) is 11.6. The van der Waals surface area contributed by atoms with Crippen molar-refractivity contribution in [3.63, 3.8) is 0 Å². The Hall–Kier alpha value is -2.51. The predicted molar refractivity (Wildman–Crippen MR) is 71.5 cm³/mol. The number of nitrogens with zero attached hydrogens (tertiary/aromatic N) is 5. The van der Waals surface area contributed by atoms with Crippen molar-refractivity contribution in [2.45, 2.75) is 25.8 Å². The van der Waals surface area contributed by atoms with Crippen molar-refractivity contribution >= 4 is 5.97 Å². The van der Waals surface area contributed by atoms with Gasteiger partial charge < -0.3 is 9.84 Å². The fourth-order valence-corrected chi connectivity index (χ4v) is 2.56. The Morgan fingerprint density at radius 3 is 2.95 bits per heavy atom. The summed E-state index contributed by atoms with van der Waals surface area (Å²) in [7, 11) is 1.54. The number of carboxylic acids is 1. The third-order valence-electron chi connectivity index (χ3n) is 3.99. The molecule has 1 fully saturated rings. The van der Waals surface area contributed by atoms with Crippen LogP contribution in [0.5, 0.6) is 5.75 Å². The highest BCUT2D eigenvalue weighted by molar-refractivity contribution is 5.75. The third kappa shape index (κ3) is 2.22. The number of hydrogen-bond acceptors (Lipinski definition) is 6. The molecule has 0 unspecified atom stereocenters. The number of tetrazole rings is 1. The van der Waals surface area contributed by atoms with Crippen LogP contribution >= 0.6 is 0 Å². The molecule has 1 aliphatic carbocycles. The Labute approximate surface area is 120 Å². The highest BCUT2D eigenvalue weighted by Gasteiger charge is 2.45. The van der Waals surface area contributed by atoms with Gasteiger partial charge in [-0.3, -0.25) is 9.78 Å². The van der Waals surface area contributed by atoms with E-state index in [0.717, 1.165) is 6.42 Å². The SMILES string of the molecule is COc1cnccc1-c1nnnn1CC1(C(=O)O)CCC1. The molecule has 0 radical (unpaired) electrons. The molecule has 0 aliphatic heterocycles. The lowest BCUT2D eigenvalue weighted by Crippen LogP contribution is -2.42. The summed E-state index contributed by atoms with van der Waals surface area (Å²) < 4.78 is 6.79. The summed E-state index contributed by atoms with van der Waals surface area (Å²) in [5, 5.41) is 21.0. The van der Waals surface area contributed by atoms with Crippen molar-refractivity contribution < 1.29 is 14.6 Å². The van der Waals surface area contributed by atoms with Gasteiger partial charge in [-0.1, -0.05) is 6.42 Å². The number of aromatic nitrogens is 5. The van der Waals surface area contributed by atoms with Crippen LogP contribution in [0, 0.1) is 5.41 Å². The van der Waals surface area contributed by atoms with Crippen LogP contribution in [-0.4, -0.2) is 43.4 Å². The molecule has 1 aliphatic rings. The maximum atomic E-state index is 11.5. The molecule has 2 heterocycles. The minimum absolute atomic E-state index is 0.260. The lowest BCUT2D eigenvalue weighted by molar-refractivity contribution is -0.156. The highest BCUT2D eigenvalue weighted by atomic mass is 16.5. The number of rotatable bonds is 5. The lowest BCUT2D eigenvalue weighted by atomic mass is 9.69. The standard InChI is InChI=1S/C13H15N5O3/c1-21-10-7-14-6-3-9(10)11-15-16-17-18(11)8-13(12(19)20)4-2-5-13/h3,6-7H,2,4-5,8H2,1H3,(H,19,20). The van der Waals surface area contributed by atoms with Gasteiger partial charge in [-0.25, -0.2) is 4.68 Å². The Balaban J connectivity index is 1.96. The van der Waals surface area contributed by atoms with Crippen molar-refractivity contribution in [1.82, 2.24) is 25.2 Å². The molecule has 2 aromatic rings. The van der Waals surface area contributed by atoms with E-state index in [9.17, 15) is 9.90 Å². The number of carboxylic acid groups (broad SMARTS) is 1. The molecular formula is C13H15N5O3. The van der Waals surface area contributed by atoms with Crippen molar-refractivity contribution in [1.29, 1.82) is 0 Å². The molecule has 2 aromatic heterocycles. The maximum Gasteiger partial charge on any atom is 0.311 e. The van der Waals surface area contributed by atoms with Gasteiger partial charge in [0.1, 0.15) is 5.75 Å². The van der Waals surface area contributed by atoms with E-state index in [1.54, 1.807) is 25.6 Å². The first-order chi connectivity index (χ1) is 10.2. The van der Waals surface area contributed by atoms with E-state index in [4.69, 9.17) is 4.74 Å². The lowest BCUT2D eigenvalue weighted by Gasteiger charge is -2.37. The number of pyridine rings is 1. The van der Waals surface area contributed by atoms with Gasteiger partial charge in [-0.05, 0) is 29.3 Å². The second-order valence-corrected chi connectivity index (χ2v) is 5.18. The molecule has 0 saturated heterocycles. The molecule has 0 amide bonds. The molecule has 8 nitrogen and oxygen atoms in total. The van der Waals surface area contributed by atoms with E-state index in [1.807, 2.05) is 0 Å². The number of carbonyl (C=O) groups is 1. The normalized spacial score (nSPS) is 16.2. The number of hydrogen-bond donors (Lipinski definition) is 1. The van der Waals surface area contributed by atoms with Gasteiger partial charge in [0, 0.05) is 6.20 Å². The van der Waals surface area contributed by atoms with E-state index >= 15 is 0 Å². The van der Waals surface area contributed by atoms with Crippen LogP contribution in [0.4, 0.5) is 0 Å². The molecule has 3 rings (SSSR count). The van der Waals surface area contributed by atoms with Gasteiger partial charge in [0.15, 0.2) is 5.82 Å². The Kier molecular flexibility index (Phi) is 3.28. The first-order valence-corrected chi connectivity index (χ1v) is 6.64. The fourth-order valence-electron chi connectivity index (χ4n) is 2.56. The van der Waals surface area contributed by atoms with Crippen molar-refractivity contribution in [3.05, 3.63) is 18.5 Å². The van der Waals surface area contributed by atoms with Gasteiger partial charge in [0.2, 0.25) is 0 Å².